The van der Waals surface area contributed by atoms with Crippen molar-refractivity contribution in [1.29, 1.82) is 0 Å². The molecule has 0 spiro atoms. The van der Waals surface area contributed by atoms with Gasteiger partial charge in [-0.3, -0.25) is 9.97 Å². The predicted octanol–water partition coefficient (Wildman–Crippen LogP) is 4.14. The fourth-order valence-corrected chi connectivity index (χ4v) is 2.70. The average Bonchev–Trinajstić information content (AvgIpc) is 2.95. The van der Waals surface area contributed by atoms with Gasteiger partial charge >= 0.3 is 0 Å². The highest BCUT2D eigenvalue weighted by molar-refractivity contribution is 6.01. The van der Waals surface area contributed by atoms with Crippen LogP contribution in [-0.2, 0) is 0 Å². The van der Waals surface area contributed by atoms with Gasteiger partial charge in [-0.15, -0.1) is 0 Å². The summed E-state index contributed by atoms with van der Waals surface area (Å²) in [7, 11) is 0. The molecule has 0 aliphatic carbocycles. The molecule has 4 aromatic rings. The normalized spacial score (nSPS) is 11.0. The molecule has 1 aromatic carbocycles. The Kier molecular flexibility index (Phi) is 3.05. The fourth-order valence-electron chi connectivity index (χ4n) is 2.70. The van der Waals surface area contributed by atoms with E-state index in [-0.39, 0.29) is 11.6 Å². The molecule has 0 aliphatic heterocycles. The maximum absolute atomic E-state index is 13.3. The highest BCUT2D eigenvalue weighted by atomic mass is 19.1. The van der Waals surface area contributed by atoms with Crippen LogP contribution in [0.5, 0.6) is 5.75 Å². The molecule has 4 rings (SSSR count). The lowest BCUT2D eigenvalue weighted by Gasteiger charge is -2.05. The Bertz CT molecular complexity index is 979. The third kappa shape index (κ3) is 2.32. The number of halogens is 1. The minimum atomic E-state index is -0.287. The molecule has 23 heavy (non-hydrogen) atoms. The van der Waals surface area contributed by atoms with Crippen molar-refractivity contribution in [3.63, 3.8) is 0 Å². The van der Waals surface area contributed by atoms with E-state index in [1.54, 1.807) is 30.6 Å². The standard InChI is InChI=1S/C18H12FN3O/c19-13-3-1-11(2-4-13)16-17(12-5-7-20-8-6-12)22-15-9-14(23)10-21-18(15)16/h1-10,22-23H. The molecule has 4 nitrogen and oxygen atoms in total. The summed E-state index contributed by atoms with van der Waals surface area (Å²) in [5.74, 6) is -0.199. The monoisotopic (exact) mass is 305 g/mol. The second-order valence-electron chi connectivity index (χ2n) is 5.21. The second kappa shape index (κ2) is 5.21. The molecular weight excluding hydrogens is 293 g/mol. The van der Waals surface area contributed by atoms with Crippen molar-refractivity contribution in [2.24, 2.45) is 0 Å². The summed E-state index contributed by atoms with van der Waals surface area (Å²) in [6, 6.07) is 11.7. The van der Waals surface area contributed by atoms with Crippen molar-refractivity contribution in [2.75, 3.05) is 0 Å². The van der Waals surface area contributed by atoms with Crippen molar-refractivity contribution in [2.45, 2.75) is 0 Å². The summed E-state index contributed by atoms with van der Waals surface area (Å²) in [6.45, 7) is 0. The number of H-pyrrole nitrogens is 1. The number of fused-ring (bicyclic) bond motifs is 1. The number of benzene rings is 1. The molecule has 0 bridgehead atoms. The van der Waals surface area contributed by atoms with Crippen LogP contribution < -0.4 is 0 Å². The number of nitrogens with zero attached hydrogens (tertiary/aromatic N) is 2. The van der Waals surface area contributed by atoms with E-state index in [0.29, 0.717) is 0 Å². The van der Waals surface area contributed by atoms with Gasteiger partial charge in [-0.05, 0) is 29.8 Å². The lowest BCUT2D eigenvalue weighted by atomic mass is 10.0. The van der Waals surface area contributed by atoms with E-state index < -0.39 is 0 Å². The quantitative estimate of drug-likeness (QED) is 0.585. The van der Waals surface area contributed by atoms with Gasteiger partial charge in [0.25, 0.3) is 0 Å². The topological polar surface area (TPSA) is 61.8 Å². The summed E-state index contributed by atoms with van der Waals surface area (Å²) in [6.07, 6.45) is 4.82. The molecule has 0 amide bonds. The fraction of sp³-hybridized carbons (Fsp3) is 0. The van der Waals surface area contributed by atoms with E-state index in [4.69, 9.17) is 0 Å². The lowest BCUT2D eigenvalue weighted by Crippen LogP contribution is -1.84. The Morgan fingerprint density at radius 3 is 2.43 bits per heavy atom. The van der Waals surface area contributed by atoms with Crippen molar-refractivity contribution in [3.8, 4) is 28.1 Å². The number of nitrogens with one attached hydrogen (secondary N) is 1. The Labute approximate surface area is 131 Å². The molecule has 0 radical (unpaired) electrons. The number of aromatic nitrogens is 3. The second-order valence-corrected chi connectivity index (χ2v) is 5.21. The molecule has 0 saturated carbocycles. The van der Waals surface area contributed by atoms with Crippen molar-refractivity contribution in [3.05, 3.63) is 66.9 Å². The third-order valence-electron chi connectivity index (χ3n) is 3.72. The van der Waals surface area contributed by atoms with Gasteiger partial charge < -0.3 is 10.1 Å². The molecule has 0 atom stereocenters. The largest absolute Gasteiger partial charge is 0.506 e. The van der Waals surface area contributed by atoms with Gasteiger partial charge in [-0.25, -0.2) is 4.39 Å². The van der Waals surface area contributed by atoms with Gasteiger partial charge in [-0.2, -0.15) is 0 Å². The Balaban J connectivity index is 2.05. The van der Waals surface area contributed by atoms with Crippen LogP contribution in [0.4, 0.5) is 4.39 Å². The van der Waals surface area contributed by atoms with Gasteiger partial charge in [-0.1, -0.05) is 12.1 Å². The Morgan fingerprint density at radius 1 is 0.957 bits per heavy atom. The molecular formula is C18H12FN3O. The van der Waals surface area contributed by atoms with E-state index in [9.17, 15) is 9.50 Å². The van der Waals surface area contributed by atoms with Gasteiger partial charge in [0.1, 0.15) is 11.6 Å². The molecule has 0 saturated heterocycles. The van der Waals surface area contributed by atoms with Crippen LogP contribution in [0.1, 0.15) is 0 Å². The summed E-state index contributed by atoms with van der Waals surface area (Å²) >= 11 is 0. The van der Waals surface area contributed by atoms with Crippen LogP contribution in [0.3, 0.4) is 0 Å². The first kappa shape index (κ1) is 13.5. The number of aromatic hydroxyl groups is 1. The van der Waals surface area contributed by atoms with Crippen molar-refractivity contribution >= 4 is 11.0 Å². The van der Waals surface area contributed by atoms with Crippen LogP contribution in [0.15, 0.2) is 61.1 Å². The molecule has 3 heterocycles. The summed E-state index contributed by atoms with van der Waals surface area (Å²) < 4.78 is 13.3. The number of aromatic amines is 1. The smallest absolute Gasteiger partial charge is 0.135 e. The van der Waals surface area contributed by atoms with E-state index in [0.717, 1.165) is 33.4 Å². The molecule has 112 valence electrons. The van der Waals surface area contributed by atoms with Crippen LogP contribution in [0.25, 0.3) is 33.4 Å². The average molecular weight is 305 g/mol. The van der Waals surface area contributed by atoms with Crippen LogP contribution >= 0.6 is 0 Å². The zero-order valence-electron chi connectivity index (χ0n) is 12.0. The Hall–Kier alpha value is -3.21. The highest BCUT2D eigenvalue weighted by Crippen LogP contribution is 2.37. The molecule has 0 aliphatic rings. The molecule has 3 aromatic heterocycles. The zero-order valence-corrected chi connectivity index (χ0v) is 12.0. The van der Waals surface area contributed by atoms with E-state index in [1.807, 2.05) is 12.1 Å². The van der Waals surface area contributed by atoms with Gasteiger partial charge in [0, 0.05) is 29.6 Å². The number of hydrogen-bond donors (Lipinski definition) is 2. The summed E-state index contributed by atoms with van der Waals surface area (Å²) in [5.41, 5.74) is 4.95. The highest BCUT2D eigenvalue weighted by Gasteiger charge is 2.16. The summed E-state index contributed by atoms with van der Waals surface area (Å²) in [4.78, 5) is 11.7. The van der Waals surface area contributed by atoms with Crippen molar-refractivity contribution < 1.29 is 9.50 Å². The van der Waals surface area contributed by atoms with Crippen LogP contribution in [0, 0.1) is 5.82 Å². The van der Waals surface area contributed by atoms with Crippen LogP contribution in [0.2, 0.25) is 0 Å². The summed E-state index contributed by atoms with van der Waals surface area (Å²) in [5, 5.41) is 9.67. The van der Waals surface area contributed by atoms with Gasteiger partial charge in [0.2, 0.25) is 0 Å². The van der Waals surface area contributed by atoms with E-state index in [2.05, 4.69) is 15.0 Å². The molecule has 0 unspecified atom stereocenters. The maximum Gasteiger partial charge on any atom is 0.135 e. The molecule has 0 fully saturated rings. The number of hydrogen-bond acceptors (Lipinski definition) is 3. The third-order valence-corrected chi connectivity index (χ3v) is 3.72. The first-order valence-corrected chi connectivity index (χ1v) is 7.09. The van der Waals surface area contributed by atoms with Gasteiger partial charge in [0.15, 0.2) is 0 Å². The van der Waals surface area contributed by atoms with E-state index >= 15 is 0 Å². The number of rotatable bonds is 2. The number of pyridine rings is 2. The first-order valence-electron chi connectivity index (χ1n) is 7.09. The molecule has 2 N–H and O–H groups in total. The SMILES string of the molecule is Oc1cnc2c(-c3ccc(F)cc3)c(-c3ccncc3)[nH]c2c1. The van der Waals surface area contributed by atoms with Gasteiger partial charge in [0.05, 0.1) is 22.9 Å². The zero-order chi connectivity index (χ0) is 15.8. The minimum Gasteiger partial charge on any atom is -0.506 e. The van der Waals surface area contributed by atoms with Crippen molar-refractivity contribution in [1.82, 2.24) is 15.0 Å². The first-order chi connectivity index (χ1) is 11.2. The lowest BCUT2D eigenvalue weighted by molar-refractivity contribution is 0.474. The molecule has 5 heteroatoms. The maximum atomic E-state index is 13.3. The van der Waals surface area contributed by atoms with Crippen LogP contribution in [-0.4, -0.2) is 20.1 Å². The van der Waals surface area contributed by atoms with E-state index in [1.165, 1.54) is 18.3 Å². The Morgan fingerprint density at radius 2 is 1.70 bits per heavy atom. The minimum absolute atomic E-state index is 0.0886. The predicted molar refractivity (Wildman–Crippen MR) is 86.4 cm³/mol.